The quantitative estimate of drug-likeness (QED) is 0.356. The smallest absolute Gasteiger partial charge is 0.262 e. The van der Waals surface area contributed by atoms with Crippen LogP contribution in [0.15, 0.2) is 70.5 Å². The summed E-state index contributed by atoms with van der Waals surface area (Å²) in [6.45, 7) is 2.93. The van der Waals surface area contributed by atoms with Gasteiger partial charge in [-0.15, -0.1) is 0 Å². The minimum absolute atomic E-state index is 0.0157. The largest absolute Gasteiger partial charge is 0.497 e. The average Bonchev–Trinajstić information content (AvgIpc) is 2.93. The van der Waals surface area contributed by atoms with Crippen LogP contribution in [0, 0.1) is 5.92 Å². The summed E-state index contributed by atoms with van der Waals surface area (Å²) < 4.78 is 66.5. The molecule has 1 fully saturated rings. The summed E-state index contributed by atoms with van der Waals surface area (Å²) in [6.07, 6.45) is 1.55. The first-order valence-corrected chi connectivity index (χ1v) is 15.7. The van der Waals surface area contributed by atoms with Gasteiger partial charge < -0.3 is 14.8 Å². The van der Waals surface area contributed by atoms with Crippen LogP contribution < -0.4 is 19.5 Å². The molecule has 0 atom stereocenters. The van der Waals surface area contributed by atoms with E-state index < -0.39 is 26.0 Å². The Hall–Kier alpha value is -3.32. The molecular formula is C27H30ClN3O7S2. The average molecular weight is 608 g/mol. The van der Waals surface area contributed by atoms with Gasteiger partial charge in [0, 0.05) is 24.8 Å². The number of sulfonamides is 2. The Bertz CT molecular complexity index is 1600. The van der Waals surface area contributed by atoms with Gasteiger partial charge in [0.1, 0.15) is 11.5 Å². The second-order valence-electron chi connectivity index (χ2n) is 9.38. The lowest BCUT2D eigenvalue weighted by Gasteiger charge is -2.29. The fraction of sp³-hybridized carbons (Fsp3) is 0.296. The molecule has 214 valence electrons. The topological polar surface area (TPSA) is 131 Å². The minimum atomic E-state index is -3.98. The van der Waals surface area contributed by atoms with Gasteiger partial charge in [0.2, 0.25) is 10.0 Å². The molecule has 40 heavy (non-hydrogen) atoms. The molecule has 13 heteroatoms. The number of ether oxygens (including phenoxy) is 2. The highest BCUT2D eigenvalue weighted by molar-refractivity contribution is 7.92. The molecule has 1 saturated heterocycles. The predicted molar refractivity (Wildman–Crippen MR) is 153 cm³/mol. The van der Waals surface area contributed by atoms with Crippen LogP contribution in [0.2, 0.25) is 5.02 Å². The van der Waals surface area contributed by atoms with Crippen molar-refractivity contribution in [3.8, 4) is 11.5 Å². The SMILES string of the molecule is COc1ccc(NS(=O)(=O)c2ccc(NC(=O)c3cc(S(=O)(=O)N4CCC(C)CC4)ccc3Cl)cc2)c(OC)c1. The molecule has 0 unspecified atom stereocenters. The summed E-state index contributed by atoms with van der Waals surface area (Å²) in [6, 6.07) is 14.2. The Kier molecular flexibility index (Phi) is 8.93. The number of benzene rings is 3. The molecule has 0 spiro atoms. The van der Waals surface area contributed by atoms with Gasteiger partial charge in [0.05, 0.1) is 40.3 Å². The Balaban J connectivity index is 1.49. The summed E-state index contributed by atoms with van der Waals surface area (Å²) in [5.41, 5.74) is 0.502. The predicted octanol–water partition coefficient (Wildman–Crippen LogP) is 4.83. The van der Waals surface area contributed by atoms with E-state index in [0.29, 0.717) is 30.4 Å². The molecule has 0 radical (unpaired) electrons. The van der Waals surface area contributed by atoms with Gasteiger partial charge in [0.25, 0.3) is 15.9 Å². The first-order chi connectivity index (χ1) is 18.9. The van der Waals surface area contributed by atoms with Gasteiger partial charge in [-0.1, -0.05) is 18.5 Å². The van der Waals surface area contributed by atoms with E-state index in [1.807, 2.05) is 0 Å². The van der Waals surface area contributed by atoms with E-state index in [1.54, 1.807) is 12.1 Å². The van der Waals surface area contributed by atoms with Crippen LogP contribution in [0.4, 0.5) is 11.4 Å². The maximum Gasteiger partial charge on any atom is 0.262 e. The van der Waals surface area contributed by atoms with Crippen LogP contribution in [0.3, 0.4) is 0 Å². The van der Waals surface area contributed by atoms with Crippen molar-refractivity contribution in [1.82, 2.24) is 4.31 Å². The van der Waals surface area contributed by atoms with Crippen LogP contribution in [0.25, 0.3) is 0 Å². The molecule has 2 N–H and O–H groups in total. The van der Waals surface area contributed by atoms with E-state index in [-0.39, 0.29) is 31.8 Å². The summed E-state index contributed by atoms with van der Waals surface area (Å²) in [5, 5.41) is 2.73. The summed E-state index contributed by atoms with van der Waals surface area (Å²) in [7, 11) is -4.86. The van der Waals surface area contributed by atoms with Crippen molar-refractivity contribution in [1.29, 1.82) is 0 Å². The normalized spacial score (nSPS) is 14.9. The Morgan fingerprint density at radius 1 is 0.900 bits per heavy atom. The fourth-order valence-corrected chi connectivity index (χ4v) is 6.99. The fourth-order valence-electron chi connectivity index (χ4n) is 4.22. The van der Waals surface area contributed by atoms with Gasteiger partial charge >= 0.3 is 0 Å². The summed E-state index contributed by atoms with van der Waals surface area (Å²) in [4.78, 5) is 13.0. The van der Waals surface area contributed by atoms with E-state index in [2.05, 4.69) is 17.0 Å². The van der Waals surface area contributed by atoms with Crippen molar-refractivity contribution in [2.24, 2.45) is 5.92 Å². The van der Waals surface area contributed by atoms with Crippen LogP contribution in [0.5, 0.6) is 11.5 Å². The molecule has 0 aliphatic carbocycles. The zero-order valence-corrected chi connectivity index (χ0v) is 24.6. The zero-order chi connectivity index (χ0) is 29.1. The van der Waals surface area contributed by atoms with Crippen molar-refractivity contribution >= 4 is 48.9 Å². The second kappa shape index (κ2) is 12.0. The first-order valence-electron chi connectivity index (χ1n) is 12.4. The van der Waals surface area contributed by atoms with Gasteiger partial charge in [0.15, 0.2) is 0 Å². The maximum atomic E-state index is 13.1. The van der Waals surface area contributed by atoms with Crippen LogP contribution in [-0.4, -0.2) is 54.4 Å². The van der Waals surface area contributed by atoms with Gasteiger partial charge in [-0.25, -0.2) is 16.8 Å². The third-order valence-corrected chi connectivity index (χ3v) is 10.2. The monoisotopic (exact) mass is 607 g/mol. The number of carbonyl (C=O) groups excluding carboxylic acids is 1. The molecule has 1 aliphatic rings. The highest BCUT2D eigenvalue weighted by atomic mass is 35.5. The Morgan fingerprint density at radius 2 is 1.55 bits per heavy atom. The molecule has 4 rings (SSSR count). The summed E-state index contributed by atoms with van der Waals surface area (Å²) >= 11 is 6.24. The number of nitrogens with one attached hydrogen (secondary N) is 2. The lowest BCUT2D eigenvalue weighted by atomic mass is 10.0. The van der Waals surface area contributed by atoms with Crippen molar-refractivity contribution in [2.45, 2.75) is 29.6 Å². The summed E-state index contributed by atoms with van der Waals surface area (Å²) in [5.74, 6) is 0.610. The Morgan fingerprint density at radius 3 is 2.17 bits per heavy atom. The van der Waals surface area contributed by atoms with Crippen LogP contribution >= 0.6 is 11.6 Å². The molecule has 0 aromatic heterocycles. The molecule has 0 saturated carbocycles. The molecule has 0 bridgehead atoms. The standard InChI is InChI=1S/C27H30ClN3O7S2/c1-18-12-14-31(15-13-18)40(35,36)22-9-10-24(28)23(17-22)27(32)29-19-4-7-21(8-5-19)39(33,34)30-25-11-6-20(37-2)16-26(25)38-3/h4-11,16-18,30H,12-15H2,1-3H3,(H,29,32). The van der Waals surface area contributed by atoms with Gasteiger partial charge in [-0.3, -0.25) is 9.52 Å². The lowest BCUT2D eigenvalue weighted by Crippen LogP contribution is -2.37. The third-order valence-electron chi connectivity index (χ3n) is 6.64. The second-order valence-corrected chi connectivity index (χ2v) is 13.4. The van der Waals surface area contributed by atoms with Gasteiger partial charge in [-0.05, 0) is 73.4 Å². The molecule has 3 aromatic rings. The molecule has 1 heterocycles. The number of anilines is 2. The third kappa shape index (κ3) is 6.52. The number of halogens is 1. The number of hydrogen-bond donors (Lipinski definition) is 2. The van der Waals surface area contributed by atoms with Crippen molar-refractivity contribution in [3.05, 3.63) is 71.2 Å². The molecule has 1 amide bonds. The molecule has 1 aliphatic heterocycles. The van der Waals surface area contributed by atoms with Gasteiger partial charge in [-0.2, -0.15) is 4.31 Å². The number of hydrogen-bond acceptors (Lipinski definition) is 7. The van der Waals surface area contributed by atoms with Crippen molar-refractivity contribution < 1.29 is 31.1 Å². The van der Waals surface area contributed by atoms with E-state index in [0.717, 1.165) is 12.8 Å². The first kappa shape index (κ1) is 29.7. The zero-order valence-electron chi connectivity index (χ0n) is 22.2. The number of piperidine rings is 1. The number of rotatable bonds is 9. The number of amides is 1. The number of carbonyl (C=O) groups is 1. The van der Waals surface area contributed by atoms with E-state index in [9.17, 15) is 21.6 Å². The Labute approximate surface area is 239 Å². The number of methoxy groups -OCH3 is 2. The molecule has 3 aromatic carbocycles. The van der Waals surface area contributed by atoms with Crippen LogP contribution in [0.1, 0.15) is 30.1 Å². The van der Waals surface area contributed by atoms with E-state index in [1.165, 1.54) is 67.1 Å². The highest BCUT2D eigenvalue weighted by Crippen LogP contribution is 2.31. The van der Waals surface area contributed by atoms with E-state index in [4.69, 9.17) is 21.1 Å². The minimum Gasteiger partial charge on any atom is -0.497 e. The van der Waals surface area contributed by atoms with Crippen molar-refractivity contribution in [2.75, 3.05) is 37.3 Å². The number of nitrogens with zero attached hydrogens (tertiary/aromatic N) is 1. The van der Waals surface area contributed by atoms with E-state index >= 15 is 0 Å². The molecular weight excluding hydrogens is 578 g/mol. The lowest BCUT2D eigenvalue weighted by molar-refractivity contribution is 0.102. The van der Waals surface area contributed by atoms with Crippen LogP contribution in [-0.2, 0) is 20.0 Å². The van der Waals surface area contributed by atoms with Crippen molar-refractivity contribution in [3.63, 3.8) is 0 Å². The maximum absolute atomic E-state index is 13.1. The highest BCUT2D eigenvalue weighted by Gasteiger charge is 2.29. The molecule has 10 nitrogen and oxygen atoms in total.